The number of para-hydroxylation sites is 1. The first kappa shape index (κ1) is 21.8. The molecule has 0 saturated carbocycles. The second-order valence-corrected chi connectivity index (χ2v) is 9.28. The van der Waals surface area contributed by atoms with Crippen LogP contribution in [0.25, 0.3) is 6.08 Å². The summed E-state index contributed by atoms with van der Waals surface area (Å²) < 4.78 is 0.821. The monoisotopic (exact) mass is 507 g/mol. The van der Waals surface area contributed by atoms with E-state index in [-0.39, 0.29) is 5.78 Å². The molecule has 34 heavy (non-hydrogen) atoms. The van der Waals surface area contributed by atoms with Gasteiger partial charge in [0.1, 0.15) is 12.0 Å². The molecule has 0 spiro atoms. The Kier molecular flexibility index (Phi) is 5.40. The van der Waals surface area contributed by atoms with Gasteiger partial charge in [0.15, 0.2) is 17.0 Å². The molecule has 6 heteroatoms. The van der Waals surface area contributed by atoms with Crippen LogP contribution in [0.15, 0.2) is 89.4 Å². The zero-order valence-electron chi connectivity index (χ0n) is 17.9. The van der Waals surface area contributed by atoms with Gasteiger partial charge in [-0.15, -0.1) is 0 Å². The highest BCUT2D eigenvalue weighted by atomic mass is 79.9. The Bertz CT molecular complexity index is 1400. The quantitative estimate of drug-likeness (QED) is 0.438. The van der Waals surface area contributed by atoms with Gasteiger partial charge in [-0.1, -0.05) is 88.7 Å². The fourth-order valence-electron chi connectivity index (χ4n) is 5.11. The summed E-state index contributed by atoms with van der Waals surface area (Å²) in [4.78, 5) is 29.6. The molecule has 0 N–H and O–H groups in total. The Morgan fingerprint density at radius 1 is 0.882 bits per heavy atom. The van der Waals surface area contributed by atoms with E-state index >= 15 is 0 Å². The Morgan fingerprint density at radius 2 is 1.56 bits per heavy atom. The van der Waals surface area contributed by atoms with Crippen LogP contribution < -0.4 is 4.90 Å². The predicted octanol–water partition coefficient (Wildman–Crippen LogP) is 5.45. The van der Waals surface area contributed by atoms with Gasteiger partial charge in [-0.25, -0.2) is 0 Å². The van der Waals surface area contributed by atoms with Crippen LogP contribution in [0.5, 0.6) is 0 Å². The third-order valence-electron chi connectivity index (χ3n) is 6.68. The topological polar surface area (TPSA) is 85.0 Å². The number of hydrogen-bond acceptors (Lipinski definition) is 5. The minimum absolute atomic E-state index is 0.299. The average Bonchev–Trinajstić information content (AvgIpc) is 3.19. The number of carbonyl (C=O) groups excluding carboxylic acids is 2. The summed E-state index contributed by atoms with van der Waals surface area (Å²) in [5.41, 5.74) is 0.595. The lowest BCUT2D eigenvalue weighted by atomic mass is 9.67. The first-order valence-corrected chi connectivity index (χ1v) is 11.6. The van der Waals surface area contributed by atoms with Crippen molar-refractivity contribution in [1.29, 1.82) is 10.5 Å². The largest absolute Gasteiger partial charge is 0.351 e. The van der Waals surface area contributed by atoms with Gasteiger partial charge in [-0.3, -0.25) is 9.59 Å². The minimum atomic E-state index is -1.75. The van der Waals surface area contributed by atoms with Crippen molar-refractivity contribution in [1.82, 2.24) is 0 Å². The number of benzene rings is 3. The van der Waals surface area contributed by atoms with Crippen molar-refractivity contribution in [3.63, 3.8) is 0 Å². The third-order valence-corrected chi connectivity index (χ3v) is 7.21. The van der Waals surface area contributed by atoms with E-state index < -0.39 is 29.2 Å². The Balaban J connectivity index is 1.74. The molecular formula is C28H18BrN3O2. The number of hydrogen-bond donors (Lipinski definition) is 0. The molecule has 5 rings (SSSR count). The molecule has 164 valence electrons. The maximum absolute atomic E-state index is 13.9. The summed E-state index contributed by atoms with van der Waals surface area (Å²) in [5.74, 6) is -1.93. The van der Waals surface area contributed by atoms with Crippen molar-refractivity contribution < 1.29 is 9.59 Å². The molecule has 4 atom stereocenters. The molecular weight excluding hydrogens is 490 g/mol. The van der Waals surface area contributed by atoms with Gasteiger partial charge in [-0.05, 0) is 23.8 Å². The van der Waals surface area contributed by atoms with Crippen molar-refractivity contribution >= 4 is 39.3 Å². The van der Waals surface area contributed by atoms with Crippen LogP contribution in [0.3, 0.4) is 0 Å². The standard InChI is InChI=1S/C28H18BrN3O2/c29-21-13-10-19(11-14-21)26(33)25-22(16-30)28(17-31,27(34)20-7-2-1-3-8-20)24-15-12-18-6-4-5-9-23(18)32(24)25/h1-15,22,24-25H/t22-,24-,25+,28+/m1/s1. The van der Waals surface area contributed by atoms with Crippen LogP contribution in [0.2, 0.25) is 0 Å². The van der Waals surface area contributed by atoms with Gasteiger partial charge in [-0.2, -0.15) is 10.5 Å². The smallest absolute Gasteiger partial charge is 0.186 e. The molecule has 2 aliphatic rings. The highest BCUT2D eigenvalue weighted by molar-refractivity contribution is 9.10. The number of halogens is 1. The first-order chi connectivity index (χ1) is 16.5. The van der Waals surface area contributed by atoms with Crippen molar-refractivity contribution in [2.75, 3.05) is 4.90 Å². The molecule has 2 aliphatic heterocycles. The second-order valence-electron chi connectivity index (χ2n) is 8.37. The minimum Gasteiger partial charge on any atom is -0.351 e. The lowest BCUT2D eigenvalue weighted by Gasteiger charge is -2.36. The Morgan fingerprint density at radius 3 is 2.24 bits per heavy atom. The van der Waals surface area contributed by atoms with E-state index in [1.54, 1.807) is 65.6 Å². The number of anilines is 1. The van der Waals surface area contributed by atoms with Crippen molar-refractivity contribution in [3.05, 3.63) is 106 Å². The van der Waals surface area contributed by atoms with Crippen molar-refractivity contribution in [2.24, 2.45) is 11.3 Å². The van der Waals surface area contributed by atoms with Crippen LogP contribution in [0.1, 0.15) is 26.3 Å². The lowest BCUT2D eigenvalue weighted by molar-refractivity contribution is 0.0819. The summed E-state index contributed by atoms with van der Waals surface area (Å²) in [6.07, 6.45) is 3.65. The van der Waals surface area contributed by atoms with Crippen LogP contribution in [0.4, 0.5) is 5.69 Å². The number of nitrogens with zero attached hydrogens (tertiary/aromatic N) is 3. The van der Waals surface area contributed by atoms with E-state index in [4.69, 9.17) is 0 Å². The van der Waals surface area contributed by atoms with E-state index in [2.05, 4.69) is 28.1 Å². The zero-order chi connectivity index (χ0) is 23.9. The van der Waals surface area contributed by atoms with Crippen molar-refractivity contribution in [3.8, 4) is 12.1 Å². The van der Waals surface area contributed by atoms with E-state index in [1.807, 2.05) is 30.3 Å². The molecule has 0 amide bonds. The van der Waals surface area contributed by atoms with Crippen LogP contribution in [0, 0.1) is 34.0 Å². The van der Waals surface area contributed by atoms with E-state index in [0.717, 1.165) is 15.7 Å². The fraction of sp³-hybridized carbons (Fsp3) is 0.143. The summed E-state index contributed by atoms with van der Waals surface area (Å²) in [7, 11) is 0. The normalized spacial score (nSPS) is 24.4. The van der Waals surface area contributed by atoms with Gasteiger partial charge in [0.2, 0.25) is 0 Å². The molecule has 1 saturated heterocycles. The van der Waals surface area contributed by atoms with Crippen LogP contribution >= 0.6 is 15.9 Å². The summed E-state index contributed by atoms with van der Waals surface area (Å²) in [6.45, 7) is 0. The molecule has 0 unspecified atom stereocenters. The molecule has 3 aromatic carbocycles. The number of ketones is 2. The fourth-order valence-corrected chi connectivity index (χ4v) is 5.38. The summed E-state index contributed by atoms with van der Waals surface area (Å²) in [5, 5.41) is 20.9. The first-order valence-electron chi connectivity index (χ1n) is 10.8. The van der Waals surface area contributed by atoms with Crippen LogP contribution in [-0.4, -0.2) is 23.7 Å². The number of carbonyl (C=O) groups is 2. The van der Waals surface area contributed by atoms with E-state index in [1.165, 1.54) is 0 Å². The predicted molar refractivity (Wildman–Crippen MR) is 132 cm³/mol. The maximum atomic E-state index is 13.9. The zero-order valence-corrected chi connectivity index (χ0v) is 19.5. The third kappa shape index (κ3) is 3.11. The van der Waals surface area contributed by atoms with E-state index in [9.17, 15) is 20.1 Å². The molecule has 3 aromatic rings. The van der Waals surface area contributed by atoms with E-state index in [0.29, 0.717) is 11.1 Å². The summed E-state index contributed by atoms with van der Waals surface area (Å²) >= 11 is 3.38. The van der Waals surface area contributed by atoms with Gasteiger partial charge >= 0.3 is 0 Å². The number of fused-ring (bicyclic) bond motifs is 3. The molecule has 5 nitrogen and oxygen atoms in total. The van der Waals surface area contributed by atoms with Gasteiger partial charge in [0.05, 0.1) is 18.2 Å². The Labute approximate surface area is 205 Å². The highest BCUT2D eigenvalue weighted by Crippen LogP contribution is 2.52. The molecule has 0 aromatic heterocycles. The SMILES string of the molecule is N#C[C@@H]1[C@@H](C(=O)c2ccc(Br)cc2)N2c3ccccc3C=C[C@@H]2[C@@]1(C#N)C(=O)c1ccccc1. The molecule has 2 heterocycles. The molecule has 0 radical (unpaired) electrons. The number of rotatable bonds is 4. The lowest BCUT2D eigenvalue weighted by Crippen LogP contribution is -2.46. The summed E-state index contributed by atoms with van der Waals surface area (Å²) in [6, 6.07) is 25.6. The second kappa shape index (κ2) is 8.41. The Hall–Kier alpha value is -4.00. The number of nitriles is 2. The molecule has 0 aliphatic carbocycles. The average molecular weight is 508 g/mol. The molecule has 1 fully saturated rings. The number of Topliss-reactive ketones (excluding diaryl/α,β-unsaturated/α-hetero) is 2. The van der Waals surface area contributed by atoms with Gasteiger partial charge < -0.3 is 4.90 Å². The van der Waals surface area contributed by atoms with Gasteiger partial charge in [0.25, 0.3) is 0 Å². The van der Waals surface area contributed by atoms with Crippen LogP contribution in [-0.2, 0) is 0 Å². The molecule has 0 bridgehead atoms. The van der Waals surface area contributed by atoms with Crippen molar-refractivity contribution in [2.45, 2.75) is 12.1 Å². The maximum Gasteiger partial charge on any atom is 0.186 e. The van der Waals surface area contributed by atoms with Gasteiger partial charge in [0, 0.05) is 21.3 Å². The highest BCUT2D eigenvalue weighted by Gasteiger charge is 2.66.